The standard InChI is InChI=1S/C34H28BrN3O6S/c1-3-7-25-30(33(40)41-4-2)31(21-11-13-27-28(16-21)44-19-43-27)38-32(39)29(45-34(38)37-25)15-20-10-12-26(24(35)14-20)42-18-23-9-6-5-8-22(23)17-36/h5-6,8-16,31H,3-4,7,18-19H2,1-2H3/b29-15+/t31-/m1/s1. The molecule has 0 N–H and O–H groups in total. The lowest BCUT2D eigenvalue weighted by Gasteiger charge is -2.25. The summed E-state index contributed by atoms with van der Waals surface area (Å²) in [5, 5.41) is 9.37. The average Bonchev–Trinajstić information content (AvgIpc) is 3.63. The molecular weight excluding hydrogens is 658 g/mol. The first kappa shape index (κ1) is 30.4. The molecule has 0 fully saturated rings. The molecule has 228 valence electrons. The van der Waals surface area contributed by atoms with Gasteiger partial charge in [0.25, 0.3) is 5.56 Å². The van der Waals surface area contributed by atoms with Gasteiger partial charge >= 0.3 is 5.97 Å². The van der Waals surface area contributed by atoms with Crippen LogP contribution in [0.3, 0.4) is 0 Å². The van der Waals surface area contributed by atoms with Crippen LogP contribution in [0.1, 0.15) is 55.0 Å². The van der Waals surface area contributed by atoms with E-state index in [9.17, 15) is 14.9 Å². The van der Waals surface area contributed by atoms with Crippen LogP contribution in [0.5, 0.6) is 17.2 Å². The topological polar surface area (TPSA) is 112 Å². The minimum atomic E-state index is -0.752. The molecule has 4 aromatic rings. The number of carbonyl (C=O) groups is 1. The molecule has 0 radical (unpaired) electrons. The van der Waals surface area contributed by atoms with Gasteiger partial charge in [-0.2, -0.15) is 5.26 Å². The molecule has 6 rings (SSSR count). The van der Waals surface area contributed by atoms with Crippen LogP contribution >= 0.6 is 27.3 Å². The van der Waals surface area contributed by atoms with Gasteiger partial charge < -0.3 is 18.9 Å². The Hall–Kier alpha value is -4.66. The second-order valence-electron chi connectivity index (χ2n) is 10.3. The van der Waals surface area contributed by atoms with Gasteiger partial charge in [-0.05, 0) is 76.8 Å². The molecule has 1 aromatic heterocycles. The Morgan fingerprint density at radius 1 is 1.16 bits per heavy atom. The summed E-state index contributed by atoms with van der Waals surface area (Å²) in [6.45, 7) is 4.31. The first-order chi connectivity index (χ1) is 21.9. The lowest BCUT2D eigenvalue weighted by atomic mass is 9.94. The zero-order valence-electron chi connectivity index (χ0n) is 24.5. The van der Waals surface area contributed by atoms with Crippen molar-refractivity contribution in [3.05, 3.63) is 118 Å². The van der Waals surface area contributed by atoms with Crippen LogP contribution in [0.15, 0.2) is 86.2 Å². The van der Waals surface area contributed by atoms with Crippen LogP contribution in [-0.4, -0.2) is 23.9 Å². The Morgan fingerprint density at radius 2 is 1.98 bits per heavy atom. The number of hydrogen-bond donors (Lipinski definition) is 0. The maximum absolute atomic E-state index is 14.1. The molecule has 0 spiro atoms. The number of carbonyl (C=O) groups excluding carboxylic acids is 1. The smallest absolute Gasteiger partial charge is 0.338 e. The van der Waals surface area contributed by atoms with Crippen LogP contribution < -0.4 is 29.1 Å². The molecule has 3 aromatic carbocycles. The highest BCUT2D eigenvalue weighted by Gasteiger charge is 2.35. The highest BCUT2D eigenvalue weighted by atomic mass is 79.9. The number of nitriles is 1. The van der Waals surface area contributed by atoms with Crippen LogP contribution in [0.4, 0.5) is 0 Å². The fourth-order valence-electron chi connectivity index (χ4n) is 5.31. The summed E-state index contributed by atoms with van der Waals surface area (Å²) < 4.78 is 25.3. The zero-order valence-corrected chi connectivity index (χ0v) is 26.9. The number of esters is 1. The first-order valence-electron chi connectivity index (χ1n) is 14.4. The number of allylic oxidation sites excluding steroid dienone is 1. The Bertz CT molecular complexity index is 2060. The fraction of sp³-hybridized carbons (Fsp3) is 0.235. The minimum absolute atomic E-state index is 0.107. The van der Waals surface area contributed by atoms with Crippen molar-refractivity contribution in [3.8, 4) is 23.3 Å². The number of ether oxygens (including phenoxy) is 4. The number of aromatic nitrogens is 1. The van der Waals surface area contributed by atoms with Gasteiger partial charge in [0.15, 0.2) is 16.3 Å². The highest BCUT2D eigenvalue weighted by molar-refractivity contribution is 9.10. The summed E-state index contributed by atoms with van der Waals surface area (Å²) in [4.78, 5) is 32.8. The maximum Gasteiger partial charge on any atom is 0.338 e. The van der Waals surface area contributed by atoms with Crippen molar-refractivity contribution in [2.45, 2.75) is 39.3 Å². The molecular formula is C34H28BrN3O6S. The molecule has 3 heterocycles. The zero-order chi connectivity index (χ0) is 31.5. The number of hydrogen-bond acceptors (Lipinski definition) is 9. The molecule has 0 saturated heterocycles. The molecule has 0 saturated carbocycles. The summed E-state index contributed by atoms with van der Waals surface area (Å²) >= 11 is 4.85. The van der Waals surface area contributed by atoms with Crippen molar-refractivity contribution in [3.63, 3.8) is 0 Å². The predicted octanol–water partition coefficient (Wildman–Crippen LogP) is 5.52. The highest BCUT2D eigenvalue weighted by Crippen LogP contribution is 2.39. The van der Waals surface area contributed by atoms with Crippen molar-refractivity contribution in [2.75, 3.05) is 13.4 Å². The fourth-order valence-corrected chi connectivity index (χ4v) is 6.84. The number of rotatable bonds is 9. The van der Waals surface area contributed by atoms with E-state index in [4.69, 9.17) is 23.9 Å². The number of nitrogens with zero attached hydrogens (tertiary/aromatic N) is 3. The lowest BCUT2D eigenvalue weighted by molar-refractivity contribution is -0.139. The van der Waals surface area contributed by atoms with E-state index >= 15 is 0 Å². The van der Waals surface area contributed by atoms with E-state index < -0.39 is 12.0 Å². The van der Waals surface area contributed by atoms with Crippen molar-refractivity contribution in [1.29, 1.82) is 5.26 Å². The van der Waals surface area contributed by atoms with Crippen molar-refractivity contribution in [1.82, 2.24) is 4.57 Å². The van der Waals surface area contributed by atoms with Gasteiger partial charge in [0, 0.05) is 5.56 Å². The summed E-state index contributed by atoms with van der Waals surface area (Å²) in [5.74, 6) is 1.26. The molecule has 11 heteroatoms. The number of fused-ring (bicyclic) bond motifs is 2. The van der Waals surface area contributed by atoms with E-state index in [1.54, 1.807) is 29.7 Å². The third kappa shape index (κ3) is 6.03. The molecule has 9 nitrogen and oxygen atoms in total. The van der Waals surface area contributed by atoms with Gasteiger partial charge in [0.1, 0.15) is 12.4 Å². The van der Waals surface area contributed by atoms with E-state index in [1.165, 1.54) is 11.3 Å². The maximum atomic E-state index is 14.1. The number of thiazole rings is 1. The molecule has 1 atom stereocenters. The Kier molecular flexibility index (Phi) is 8.87. The third-order valence-corrected chi connectivity index (χ3v) is 8.98. The molecule has 2 aliphatic rings. The molecule has 45 heavy (non-hydrogen) atoms. The summed E-state index contributed by atoms with van der Waals surface area (Å²) in [5.41, 5.74) is 3.50. The number of halogens is 1. The Labute approximate surface area is 271 Å². The molecule has 2 aliphatic heterocycles. The SMILES string of the molecule is CCCC1=C(C(=O)OCC)[C@@H](c2ccc3c(c2)OCO3)n2c(s/c(=C/c3ccc(OCc4ccccc4C#N)c(Br)c3)c2=O)=N1. The van der Waals surface area contributed by atoms with Crippen LogP contribution in [-0.2, 0) is 16.1 Å². The summed E-state index contributed by atoms with van der Waals surface area (Å²) in [6.07, 6.45) is 3.11. The molecule has 0 amide bonds. The van der Waals surface area contributed by atoms with Gasteiger partial charge in [-0.3, -0.25) is 9.36 Å². The van der Waals surface area contributed by atoms with E-state index in [1.807, 2.05) is 55.5 Å². The van der Waals surface area contributed by atoms with E-state index in [-0.39, 0.29) is 25.6 Å². The van der Waals surface area contributed by atoms with Crippen LogP contribution in [0.25, 0.3) is 6.08 Å². The Morgan fingerprint density at radius 3 is 2.76 bits per heavy atom. The number of benzene rings is 3. The van der Waals surface area contributed by atoms with Crippen molar-refractivity contribution < 1.29 is 23.7 Å². The summed E-state index contributed by atoms with van der Waals surface area (Å²) in [6, 6.07) is 19.7. The molecule has 0 aliphatic carbocycles. The van der Waals surface area contributed by atoms with Gasteiger partial charge in [-0.25, -0.2) is 9.79 Å². The van der Waals surface area contributed by atoms with E-state index in [2.05, 4.69) is 22.0 Å². The largest absolute Gasteiger partial charge is 0.488 e. The third-order valence-electron chi connectivity index (χ3n) is 7.38. The molecule has 0 bridgehead atoms. The minimum Gasteiger partial charge on any atom is -0.488 e. The Balaban J connectivity index is 1.40. The normalized spacial score (nSPS) is 15.3. The van der Waals surface area contributed by atoms with E-state index in [0.717, 1.165) is 17.5 Å². The first-order valence-corrected chi connectivity index (χ1v) is 16.0. The average molecular weight is 687 g/mol. The van der Waals surface area contributed by atoms with Crippen LogP contribution in [0.2, 0.25) is 0 Å². The van der Waals surface area contributed by atoms with Gasteiger partial charge in [0.2, 0.25) is 6.79 Å². The monoisotopic (exact) mass is 685 g/mol. The molecule has 0 unspecified atom stereocenters. The van der Waals surface area contributed by atoms with Crippen molar-refractivity contribution >= 4 is 39.3 Å². The lowest BCUT2D eigenvalue weighted by Crippen LogP contribution is -2.40. The summed E-state index contributed by atoms with van der Waals surface area (Å²) in [7, 11) is 0. The van der Waals surface area contributed by atoms with Gasteiger partial charge in [-0.15, -0.1) is 0 Å². The van der Waals surface area contributed by atoms with Gasteiger partial charge in [-0.1, -0.05) is 55.0 Å². The van der Waals surface area contributed by atoms with Crippen molar-refractivity contribution in [2.24, 2.45) is 4.99 Å². The second-order valence-corrected chi connectivity index (χ2v) is 12.1. The predicted molar refractivity (Wildman–Crippen MR) is 172 cm³/mol. The van der Waals surface area contributed by atoms with E-state index in [0.29, 0.717) is 59.9 Å². The second kappa shape index (κ2) is 13.1. The van der Waals surface area contributed by atoms with Gasteiger partial charge in [0.05, 0.1) is 44.6 Å². The quantitative estimate of drug-likeness (QED) is 0.213. The van der Waals surface area contributed by atoms with Crippen LogP contribution in [0, 0.1) is 11.3 Å².